The molecule has 0 aliphatic heterocycles. The van der Waals surface area contributed by atoms with Crippen LogP contribution in [0.25, 0.3) is 0 Å². The van der Waals surface area contributed by atoms with Crippen molar-refractivity contribution in [2.24, 2.45) is 11.8 Å². The zero-order chi connectivity index (χ0) is 12.4. The fourth-order valence-electron chi connectivity index (χ4n) is 1.98. The molecule has 0 saturated heterocycles. The van der Waals surface area contributed by atoms with E-state index in [0.29, 0.717) is 18.4 Å². The summed E-state index contributed by atoms with van der Waals surface area (Å²) >= 11 is 0. The molecule has 1 aromatic heterocycles. The summed E-state index contributed by atoms with van der Waals surface area (Å²) in [7, 11) is 0. The number of aromatic nitrogens is 1. The lowest BCUT2D eigenvalue weighted by Crippen LogP contribution is -2.13. The van der Waals surface area contributed by atoms with Gasteiger partial charge in [-0.2, -0.15) is 0 Å². The first-order chi connectivity index (χ1) is 8.08. The predicted octanol–water partition coefficient (Wildman–Crippen LogP) is 2.69. The molecule has 1 aliphatic carbocycles. The Morgan fingerprint density at radius 1 is 1.53 bits per heavy atom. The first-order valence-corrected chi connectivity index (χ1v) is 6.16. The first kappa shape index (κ1) is 12.1. The number of hydrogen-bond donors (Lipinski definition) is 0. The Hall–Kier alpha value is -1.38. The Balaban J connectivity index is 1.83. The number of nitrogens with zero attached hydrogens (tertiary/aromatic N) is 1. The van der Waals surface area contributed by atoms with Gasteiger partial charge in [-0.25, -0.2) is 0 Å². The SMILES string of the molecule is Cc1cncc([C@H]2C[C@@H]2COC(=O)C(C)C)c1. The van der Waals surface area contributed by atoms with Crippen LogP contribution in [0, 0.1) is 18.8 Å². The van der Waals surface area contributed by atoms with E-state index in [1.54, 1.807) is 0 Å². The standard InChI is InChI=1S/C14H19NO2/c1-9(2)14(16)17-8-12-5-13(12)11-4-10(3)6-15-7-11/h4,6-7,9,12-13H,5,8H2,1-3H3/t12-,13-/m1/s1. The van der Waals surface area contributed by atoms with E-state index in [4.69, 9.17) is 4.74 Å². The van der Waals surface area contributed by atoms with Crippen molar-refractivity contribution in [3.63, 3.8) is 0 Å². The molecule has 92 valence electrons. The van der Waals surface area contributed by atoms with Crippen LogP contribution in [-0.2, 0) is 9.53 Å². The molecule has 2 rings (SSSR count). The molecule has 0 unspecified atom stereocenters. The second-order valence-corrected chi connectivity index (χ2v) is 5.18. The molecule has 1 aliphatic rings. The number of carbonyl (C=O) groups is 1. The summed E-state index contributed by atoms with van der Waals surface area (Å²) in [6, 6.07) is 2.17. The summed E-state index contributed by atoms with van der Waals surface area (Å²) in [6.07, 6.45) is 4.89. The third kappa shape index (κ3) is 3.05. The van der Waals surface area contributed by atoms with Crippen LogP contribution >= 0.6 is 0 Å². The molecular formula is C14H19NO2. The Kier molecular flexibility index (Phi) is 3.46. The van der Waals surface area contributed by atoms with Crippen LogP contribution in [-0.4, -0.2) is 17.6 Å². The molecule has 0 aromatic carbocycles. The van der Waals surface area contributed by atoms with Gasteiger partial charge in [0.1, 0.15) is 0 Å². The van der Waals surface area contributed by atoms with E-state index >= 15 is 0 Å². The minimum Gasteiger partial charge on any atom is -0.465 e. The Morgan fingerprint density at radius 3 is 2.94 bits per heavy atom. The van der Waals surface area contributed by atoms with Crippen LogP contribution in [0.15, 0.2) is 18.5 Å². The number of rotatable bonds is 4. The molecule has 1 fully saturated rings. The molecule has 0 amide bonds. The Labute approximate surface area is 102 Å². The average Bonchev–Trinajstić information content (AvgIpc) is 3.05. The van der Waals surface area contributed by atoms with Crippen molar-refractivity contribution in [2.45, 2.75) is 33.1 Å². The molecule has 0 N–H and O–H groups in total. The van der Waals surface area contributed by atoms with Crippen molar-refractivity contribution in [2.75, 3.05) is 6.61 Å². The molecule has 1 aromatic rings. The summed E-state index contributed by atoms with van der Waals surface area (Å²) in [5.74, 6) is 0.884. The lowest BCUT2D eigenvalue weighted by atomic mass is 10.1. The highest BCUT2D eigenvalue weighted by Crippen LogP contribution is 2.47. The molecule has 0 bridgehead atoms. The van der Waals surface area contributed by atoms with Gasteiger partial charge in [0.25, 0.3) is 0 Å². The van der Waals surface area contributed by atoms with Crippen LogP contribution in [0.5, 0.6) is 0 Å². The molecule has 1 heterocycles. The summed E-state index contributed by atoms with van der Waals surface area (Å²) in [4.78, 5) is 15.5. The van der Waals surface area contributed by atoms with Crippen LogP contribution in [0.2, 0.25) is 0 Å². The first-order valence-electron chi connectivity index (χ1n) is 6.16. The monoisotopic (exact) mass is 233 g/mol. The fraction of sp³-hybridized carbons (Fsp3) is 0.571. The third-order valence-electron chi connectivity index (χ3n) is 3.16. The Bertz CT molecular complexity index is 414. The van der Waals surface area contributed by atoms with Crippen LogP contribution < -0.4 is 0 Å². The van der Waals surface area contributed by atoms with E-state index in [-0.39, 0.29) is 11.9 Å². The van der Waals surface area contributed by atoms with Gasteiger partial charge in [-0.15, -0.1) is 0 Å². The van der Waals surface area contributed by atoms with Gasteiger partial charge < -0.3 is 4.74 Å². The maximum Gasteiger partial charge on any atom is 0.308 e. The average molecular weight is 233 g/mol. The van der Waals surface area contributed by atoms with Crippen molar-refractivity contribution in [3.05, 3.63) is 29.6 Å². The van der Waals surface area contributed by atoms with Crippen LogP contribution in [0.3, 0.4) is 0 Å². The van der Waals surface area contributed by atoms with E-state index in [2.05, 4.69) is 11.1 Å². The van der Waals surface area contributed by atoms with E-state index < -0.39 is 0 Å². The van der Waals surface area contributed by atoms with Crippen LogP contribution in [0.1, 0.15) is 37.3 Å². The smallest absolute Gasteiger partial charge is 0.308 e. The van der Waals surface area contributed by atoms with Gasteiger partial charge in [0, 0.05) is 18.3 Å². The minimum atomic E-state index is -0.0991. The zero-order valence-corrected chi connectivity index (χ0v) is 10.6. The quantitative estimate of drug-likeness (QED) is 0.750. The van der Waals surface area contributed by atoms with E-state index in [1.807, 2.05) is 33.2 Å². The summed E-state index contributed by atoms with van der Waals surface area (Å²) in [5.41, 5.74) is 2.46. The summed E-state index contributed by atoms with van der Waals surface area (Å²) in [5, 5.41) is 0. The van der Waals surface area contributed by atoms with Crippen molar-refractivity contribution in [3.8, 4) is 0 Å². The lowest BCUT2D eigenvalue weighted by molar-refractivity contribution is -0.147. The van der Waals surface area contributed by atoms with E-state index in [1.165, 1.54) is 11.1 Å². The lowest BCUT2D eigenvalue weighted by Gasteiger charge is -2.06. The second-order valence-electron chi connectivity index (χ2n) is 5.18. The van der Waals surface area contributed by atoms with Gasteiger partial charge in [0.2, 0.25) is 0 Å². The molecule has 0 radical (unpaired) electrons. The number of hydrogen-bond acceptors (Lipinski definition) is 3. The fourth-order valence-corrected chi connectivity index (χ4v) is 1.98. The molecule has 2 atom stereocenters. The van der Waals surface area contributed by atoms with Crippen molar-refractivity contribution >= 4 is 5.97 Å². The van der Waals surface area contributed by atoms with Gasteiger partial charge in [0.15, 0.2) is 0 Å². The summed E-state index contributed by atoms with van der Waals surface area (Å²) in [6.45, 7) is 6.32. The highest BCUT2D eigenvalue weighted by molar-refractivity contribution is 5.71. The molecule has 3 heteroatoms. The number of pyridine rings is 1. The number of carbonyl (C=O) groups excluding carboxylic acids is 1. The highest BCUT2D eigenvalue weighted by atomic mass is 16.5. The van der Waals surface area contributed by atoms with E-state index in [0.717, 1.165) is 6.42 Å². The predicted molar refractivity (Wildman–Crippen MR) is 65.6 cm³/mol. The van der Waals surface area contributed by atoms with Gasteiger partial charge in [-0.1, -0.05) is 19.9 Å². The zero-order valence-electron chi connectivity index (χ0n) is 10.6. The second kappa shape index (κ2) is 4.86. The largest absolute Gasteiger partial charge is 0.465 e. The topological polar surface area (TPSA) is 39.2 Å². The molecule has 3 nitrogen and oxygen atoms in total. The van der Waals surface area contributed by atoms with Crippen molar-refractivity contribution in [1.29, 1.82) is 0 Å². The maximum absolute atomic E-state index is 11.3. The van der Waals surface area contributed by atoms with Crippen molar-refractivity contribution < 1.29 is 9.53 Å². The highest BCUT2D eigenvalue weighted by Gasteiger charge is 2.39. The minimum absolute atomic E-state index is 0.0344. The summed E-state index contributed by atoms with van der Waals surface area (Å²) < 4.78 is 5.25. The van der Waals surface area contributed by atoms with E-state index in [9.17, 15) is 4.79 Å². The number of aryl methyl sites for hydroxylation is 1. The van der Waals surface area contributed by atoms with Gasteiger partial charge in [-0.05, 0) is 30.4 Å². The van der Waals surface area contributed by atoms with Gasteiger partial charge in [-0.3, -0.25) is 9.78 Å². The van der Waals surface area contributed by atoms with Crippen LogP contribution in [0.4, 0.5) is 0 Å². The number of ether oxygens (including phenoxy) is 1. The maximum atomic E-state index is 11.3. The normalized spacial score (nSPS) is 22.6. The van der Waals surface area contributed by atoms with Crippen molar-refractivity contribution in [1.82, 2.24) is 4.98 Å². The molecule has 1 saturated carbocycles. The van der Waals surface area contributed by atoms with Gasteiger partial charge in [0.05, 0.1) is 12.5 Å². The molecule has 17 heavy (non-hydrogen) atoms. The Morgan fingerprint density at radius 2 is 2.29 bits per heavy atom. The number of esters is 1. The molecule has 0 spiro atoms. The molecular weight excluding hydrogens is 214 g/mol. The van der Waals surface area contributed by atoms with Gasteiger partial charge >= 0.3 is 5.97 Å². The third-order valence-corrected chi connectivity index (χ3v) is 3.16.